The van der Waals surface area contributed by atoms with Crippen LogP contribution in [0.3, 0.4) is 0 Å². The van der Waals surface area contributed by atoms with E-state index in [0.717, 1.165) is 19.3 Å². The predicted molar refractivity (Wildman–Crippen MR) is 168 cm³/mol. The minimum Gasteiger partial charge on any atom is -0.490 e. The molecule has 0 fully saturated rings. The lowest BCUT2D eigenvalue weighted by atomic mass is 10.0. The topological polar surface area (TPSA) is 120 Å². The normalized spacial score (nSPS) is 20.8. The third-order valence-electron chi connectivity index (χ3n) is 7.55. The van der Waals surface area contributed by atoms with Crippen molar-refractivity contribution in [2.45, 2.75) is 78.2 Å². The third kappa shape index (κ3) is 9.96. The molecular formula is C33H48N4O6. The Hall–Kier alpha value is -3.63. The molecule has 0 saturated carbocycles. The van der Waals surface area contributed by atoms with E-state index < -0.39 is 6.04 Å². The van der Waals surface area contributed by atoms with Crippen molar-refractivity contribution in [2.24, 2.45) is 5.92 Å². The maximum Gasteiger partial charge on any atom is 0.319 e. The molecule has 2 aromatic rings. The van der Waals surface area contributed by atoms with Gasteiger partial charge < -0.3 is 35.0 Å². The first-order valence-electron chi connectivity index (χ1n) is 15.2. The van der Waals surface area contributed by atoms with E-state index in [1.54, 1.807) is 54.1 Å². The molecule has 0 saturated heterocycles. The minimum absolute atomic E-state index is 0.0531. The van der Waals surface area contributed by atoms with Crippen LogP contribution >= 0.6 is 0 Å². The van der Waals surface area contributed by atoms with Crippen molar-refractivity contribution in [2.75, 3.05) is 38.7 Å². The van der Waals surface area contributed by atoms with E-state index in [1.807, 2.05) is 45.9 Å². The second-order valence-electron chi connectivity index (χ2n) is 11.8. The number of aliphatic hydroxyl groups excluding tert-OH is 1. The van der Waals surface area contributed by atoms with Crippen molar-refractivity contribution in [3.05, 3.63) is 59.7 Å². The number of rotatable bonds is 7. The van der Waals surface area contributed by atoms with E-state index in [4.69, 9.17) is 9.47 Å². The number of amides is 4. The fraction of sp³-hybridized carbons (Fsp3) is 0.545. The third-order valence-corrected chi connectivity index (χ3v) is 7.55. The Morgan fingerprint density at radius 2 is 1.81 bits per heavy atom. The van der Waals surface area contributed by atoms with Gasteiger partial charge in [0.05, 0.1) is 30.4 Å². The van der Waals surface area contributed by atoms with Gasteiger partial charge in [0.2, 0.25) is 0 Å². The lowest BCUT2D eigenvalue weighted by Crippen LogP contribution is -2.48. The van der Waals surface area contributed by atoms with E-state index >= 15 is 0 Å². The number of likely N-dealkylation sites (N-methyl/N-ethyl adjacent to an activating group) is 1. The SMILES string of the molecule is CC(C)NC(=O)Nc1ccc2c(c1)C(=O)N([C@H](C)CO)C[C@@H](C)[C@H](CN(C)C(=O)c1ccccc1)OCCCC[C@@H](C)O2. The van der Waals surface area contributed by atoms with Crippen LogP contribution in [0.5, 0.6) is 5.75 Å². The van der Waals surface area contributed by atoms with Gasteiger partial charge in [-0.05, 0) is 77.3 Å². The number of ether oxygens (including phenoxy) is 2. The predicted octanol–water partition coefficient (Wildman–Crippen LogP) is 4.78. The molecule has 0 aromatic heterocycles. The number of fused-ring (bicyclic) bond motifs is 1. The summed E-state index contributed by atoms with van der Waals surface area (Å²) in [4.78, 5) is 43.0. The Kier molecular flexibility index (Phi) is 12.8. The maximum absolute atomic E-state index is 14.2. The minimum atomic E-state index is -0.502. The summed E-state index contributed by atoms with van der Waals surface area (Å²) < 4.78 is 12.6. The highest BCUT2D eigenvalue weighted by Gasteiger charge is 2.31. The highest BCUT2D eigenvalue weighted by Crippen LogP contribution is 2.28. The lowest BCUT2D eigenvalue weighted by Gasteiger charge is -2.36. The van der Waals surface area contributed by atoms with Gasteiger partial charge in [-0.1, -0.05) is 25.1 Å². The van der Waals surface area contributed by atoms with Gasteiger partial charge in [0.1, 0.15) is 5.75 Å². The van der Waals surface area contributed by atoms with Gasteiger partial charge in [-0.15, -0.1) is 0 Å². The van der Waals surface area contributed by atoms with E-state index in [1.165, 1.54) is 0 Å². The van der Waals surface area contributed by atoms with Crippen molar-refractivity contribution >= 4 is 23.5 Å². The van der Waals surface area contributed by atoms with Gasteiger partial charge in [0, 0.05) is 50.0 Å². The van der Waals surface area contributed by atoms with Crippen LogP contribution in [0, 0.1) is 5.92 Å². The van der Waals surface area contributed by atoms with Crippen LogP contribution in [0.4, 0.5) is 10.5 Å². The summed E-state index contributed by atoms with van der Waals surface area (Å²) in [6, 6.07) is 13.2. The molecule has 1 heterocycles. The molecule has 3 rings (SSSR count). The van der Waals surface area contributed by atoms with Crippen LogP contribution < -0.4 is 15.4 Å². The molecule has 2 aromatic carbocycles. The summed E-state index contributed by atoms with van der Waals surface area (Å²) >= 11 is 0. The molecule has 0 aliphatic carbocycles. The summed E-state index contributed by atoms with van der Waals surface area (Å²) in [5.41, 5.74) is 1.35. The fourth-order valence-electron chi connectivity index (χ4n) is 5.05. The number of benzene rings is 2. The first kappa shape index (κ1) is 33.9. The number of hydrogen-bond acceptors (Lipinski definition) is 6. The number of hydrogen-bond donors (Lipinski definition) is 3. The van der Waals surface area contributed by atoms with Crippen LogP contribution in [0.2, 0.25) is 0 Å². The van der Waals surface area contributed by atoms with Gasteiger partial charge in [0.15, 0.2) is 0 Å². The second kappa shape index (κ2) is 16.3. The quantitative estimate of drug-likeness (QED) is 0.423. The van der Waals surface area contributed by atoms with Gasteiger partial charge in [0.25, 0.3) is 11.8 Å². The van der Waals surface area contributed by atoms with Crippen LogP contribution in [0.25, 0.3) is 0 Å². The molecular weight excluding hydrogens is 548 g/mol. The molecule has 1 aliphatic rings. The lowest BCUT2D eigenvalue weighted by molar-refractivity contribution is -0.0149. The average Bonchev–Trinajstić information content (AvgIpc) is 2.98. The van der Waals surface area contributed by atoms with Gasteiger partial charge >= 0.3 is 6.03 Å². The Morgan fingerprint density at radius 1 is 1.09 bits per heavy atom. The summed E-state index contributed by atoms with van der Waals surface area (Å²) in [7, 11) is 1.76. The van der Waals surface area contributed by atoms with Crippen molar-refractivity contribution in [1.29, 1.82) is 0 Å². The molecule has 10 heteroatoms. The highest BCUT2D eigenvalue weighted by molar-refractivity contribution is 5.99. The van der Waals surface area contributed by atoms with Crippen molar-refractivity contribution in [3.8, 4) is 5.75 Å². The molecule has 10 nitrogen and oxygen atoms in total. The molecule has 3 N–H and O–H groups in total. The summed E-state index contributed by atoms with van der Waals surface area (Å²) in [5, 5.41) is 15.7. The number of nitrogens with zero attached hydrogens (tertiary/aromatic N) is 2. The van der Waals surface area contributed by atoms with Crippen LogP contribution in [0.1, 0.15) is 74.6 Å². The molecule has 0 radical (unpaired) electrons. The van der Waals surface area contributed by atoms with Crippen LogP contribution in [-0.2, 0) is 4.74 Å². The largest absolute Gasteiger partial charge is 0.490 e. The van der Waals surface area contributed by atoms with Gasteiger partial charge in [-0.25, -0.2) is 4.79 Å². The van der Waals surface area contributed by atoms with E-state index in [-0.39, 0.29) is 55.2 Å². The zero-order chi connectivity index (χ0) is 31.5. The summed E-state index contributed by atoms with van der Waals surface area (Å²) in [6.45, 7) is 10.4. The molecule has 0 bridgehead atoms. The number of carbonyl (C=O) groups is 3. The first-order valence-corrected chi connectivity index (χ1v) is 15.2. The van der Waals surface area contributed by atoms with E-state index in [0.29, 0.717) is 35.7 Å². The van der Waals surface area contributed by atoms with Crippen LogP contribution in [0.15, 0.2) is 48.5 Å². The molecule has 4 amide bonds. The number of aliphatic hydroxyl groups is 1. The average molecular weight is 597 g/mol. The number of urea groups is 1. The summed E-state index contributed by atoms with van der Waals surface area (Å²) in [5.74, 6) is -0.177. The zero-order valence-electron chi connectivity index (χ0n) is 26.3. The second-order valence-corrected chi connectivity index (χ2v) is 11.8. The molecule has 0 spiro atoms. The Bertz CT molecular complexity index is 1210. The molecule has 43 heavy (non-hydrogen) atoms. The fourth-order valence-corrected chi connectivity index (χ4v) is 5.05. The van der Waals surface area contributed by atoms with Gasteiger partial charge in [-0.2, -0.15) is 0 Å². The Morgan fingerprint density at radius 3 is 2.49 bits per heavy atom. The Labute approximate surface area is 255 Å². The molecule has 4 atom stereocenters. The number of carbonyl (C=O) groups excluding carboxylic acids is 3. The first-order chi connectivity index (χ1) is 20.5. The molecule has 0 unspecified atom stereocenters. The molecule has 236 valence electrons. The Balaban J connectivity index is 1.93. The monoisotopic (exact) mass is 596 g/mol. The number of nitrogens with one attached hydrogen (secondary N) is 2. The van der Waals surface area contributed by atoms with Crippen LogP contribution in [-0.4, -0.2) is 90.4 Å². The van der Waals surface area contributed by atoms with Gasteiger partial charge in [-0.3, -0.25) is 9.59 Å². The van der Waals surface area contributed by atoms with E-state index in [9.17, 15) is 19.5 Å². The summed E-state index contributed by atoms with van der Waals surface area (Å²) in [6.07, 6.45) is 1.95. The van der Waals surface area contributed by atoms with Crippen molar-refractivity contribution in [3.63, 3.8) is 0 Å². The van der Waals surface area contributed by atoms with Crippen molar-refractivity contribution < 1.29 is 29.0 Å². The smallest absolute Gasteiger partial charge is 0.319 e. The van der Waals surface area contributed by atoms with E-state index in [2.05, 4.69) is 10.6 Å². The molecule has 1 aliphatic heterocycles. The maximum atomic E-state index is 14.2. The number of anilines is 1. The zero-order valence-corrected chi connectivity index (χ0v) is 26.3. The standard InChI is InChI=1S/C33H48N4O6/c1-22(2)34-33(41)35-27-15-16-29-28(18-27)32(40)37(24(4)21-38)19-23(3)30(42-17-11-10-12-25(5)43-29)20-36(6)31(39)26-13-8-7-9-14-26/h7-9,13-16,18,22-25,30,38H,10-12,17,19-21H2,1-6H3,(H2,34,35,41)/t23-,24-,25-,30+/m1/s1. The van der Waals surface area contributed by atoms with Crippen molar-refractivity contribution in [1.82, 2.24) is 15.1 Å². The highest BCUT2D eigenvalue weighted by atomic mass is 16.5.